The second-order valence-electron chi connectivity index (χ2n) is 7.10. The molecule has 0 aliphatic carbocycles. The zero-order chi connectivity index (χ0) is 21.6. The van der Waals surface area contributed by atoms with Crippen LogP contribution in [0.3, 0.4) is 0 Å². The number of fused-ring (bicyclic) bond motifs is 1. The molecule has 0 aliphatic rings. The van der Waals surface area contributed by atoms with Crippen LogP contribution in [0.4, 0.5) is 0 Å². The van der Waals surface area contributed by atoms with E-state index in [1.54, 1.807) is 24.3 Å². The molecule has 4 aromatic rings. The van der Waals surface area contributed by atoms with Gasteiger partial charge in [-0.1, -0.05) is 36.4 Å². The molecule has 0 spiro atoms. The molecule has 0 radical (unpaired) electrons. The maximum atomic E-state index is 12.3. The summed E-state index contributed by atoms with van der Waals surface area (Å²) >= 11 is 0. The van der Waals surface area contributed by atoms with E-state index in [-0.39, 0.29) is 24.4 Å². The number of furan rings is 1. The second-order valence-corrected chi connectivity index (χ2v) is 7.10. The Morgan fingerprint density at radius 3 is 2.32 bits per heavy atom. The lowest BCUT2D eigenvalue weighted by Crippen LogP contribution is -2.37. The van der Waals surface area contributed by atoms with E-state index in [4.69, 9.17) is 9.15 Å². The first-order valence-electron chi connectivity index (χ1n) is 9.97. The Balaban J connectivity index is 1.28. The van der Waals surface area contributed by atoms with Gasteiger partial charge in [-0.15, -0.1) is 0 Å². The van der Waals surface area contributed by atoms with Gasteiger partial charge >= 0.3 is 0 Å². The fourth-order valence-electron chi connectivity index (χ4n) is 3.14. The number of nitrogens with one attached hydrogen (secondary N) is 2. The minimum atomic E-state index is -0.335. The van der Waals surface area contributed by atoms with E-state index in [0.29, 0.717) is 17.1 Å². The molecular weight excluding hydrogens is 392 g/mol. The van der Waals surface area contributed by atoms with Crippen LogP contribution < -0.4 is 15.4 Å². The zero-order valence-electron chi connectivity index (χ0n) is 17.0. The Morgan fingerprint density at radius 2 is 1.58 bits per heavy atom. The number of carbonyl (C=O) groups excluding carboxylic acids is 2. The Bertz CT molecular complexity index is 1150. The van der Waals surface area contributed by atoms with E-state index < -0.39 is 0 Å². The molecule has 0 aliphatic heterocycles. The summed E-state index contributed by atoms with van der Waals surface area (Å²) < 4.78 is 11.5. The third-order valence-electron chi connectivity index (χ3n) is 4.75. The van der Waals surface area contributed by atoms with Crippen molar-refractivity contribution in [3.05, 3.63) is 96.3 Å². The number of carbonyl (C=O) groups is 2. The monoisotopic (exact) mass is 414 g/mol. The fourth-order valence-corrected chi connectivity index (χ4v) is 3.14. The topological polar surface area (TPSA) is 80.6 Å². The Morgan fingerprint density at radius 1 is 0.903 bits per heavy atom. The van der Waals surface area contributed by atoms with E-state index in [1.807, 2.05) is 67.6 Å². The molecule has 156 valence electrons. The number of hydrogen-bond acceptors (Lipinski definition) is 4. The summed E-state index contributed by atoms with van der Waals surface area (Å²) in [5.41, 5.74) is 1.21. The number of rotatable bonds is 7. The molecule has 4 rings (SSSR count). The van der Waals surface area contributed by atoms with Gasteiger partial charge in [0, 0.05) is 10.9 Å². The number of hydrogen-bond donors (Lipinski definition) is 2. The van der Waals surface area contributed by atoms with Crippen LogP contribution in [0.25, 0.3) is 11.0 Å². The lowest BCUT2D eigenvalue weighted by molar-refractivity contribution is -0.120. The SMILES string of the molecule is C[C@H](NC(=O)CNC(=O)c1ccc(Oc2ccccc2)cc1)c1cc2ccccc2o1. The number of amides is 2. The maximum absolute atomic E-state index is 12.3. The van der Waals surface area contributed by atoms with Crippen molar-refractivity contribution < 1.29 is 18.7 Å². The van der Waals surface area contributed by atoms with Crippen molar-refractivity contribution in [3.8, 4) is 11.5 Å². The fraction of sp³-hybridized carbons (Fsp3) is 0.120. The largest absolute Gasteiger partial charge is 0.459 e. The quantitative estimate of drug-likeness (QED) is 0.454. The summed E-state index contributed by atoms with van der Waals surface area (Å²) in [4.78, 5) is 24.6. The van der Waals surface area contributed by atoms with Crippen molar-refractivity contribution in [3.63, 3.8) is 0 Å². The third kappa shape index (κ3) is 5.11. The van der Waals surface area contributed by atoms with Gasteiger partial charge < -0.3 is 19.8 Å². The van der Waals surface area contributed by atoms with Crippen molar-refractivity contribution in [2.75, 3.05) is 6.54 Å². The van der Waals surface area contributed by atoms with Gasteiger partial charge in [0.2, 0.25) is 5.91 Å². The summed E-state index contributed by atoms with van der Waals surface area (Å²) in [6, 6.07) is 25.4. The van der Waals surface area contributed by atoms with Gasteiger partial charge in [0.1, 0.15) is 22.8 Å². The molecule has 31 heavy (non-hydrogen) atoms. The molecule has 0 saturated heterocycles. The van der Waals surface area contributed by atoms with E-state index in [1.165, 1.54) is 0 Å². The minimum Gasteiger partial charge on any atom is -0.459 e. The van der Waals surface area contributed by atoms with Gasteiger partial charge in [0.05, 0.1) is 12.6 Å². The highest BCUT2D eigenvalue weighted by molar-refractivity contribution is 5.96. The molecule has 6 nitrogen and oxygen atoms in total. The van der Waals surface area contributed by atoms with Crippen molar-refractivity contribution >= 4 is 22.8 Å². The third-order valence-corrected chi connectivity index (χ3v) is 4.75. The van der Waals surface area contributed by atoms with Gasteiger partial charge in [0.15, 0.2) is 0 Å². The highest BCUT2D eigenvalue weighted by Crippen LogP contribution is 2.23. The van der Waals surface area contributed by atoms with Crippen LogP contribution in [0.15, 0.2) is 89.3 Å². The van der Waals surface area contributed by atoms with Crippen LogP contribution in [0, 0.1) is 0 Å². The van der Waals surface area contributed by atoms with Crippen LogP contribution in [0.1, 0.15) is 29.1 Å². The molecule has 0 fully saturated rings. The Hall–Kier alpha value is -4.06. The molecule has 1 aromatic heterocycles. The summed E-state index contributed by atoms with van der Waals surface area (Å²) in [5.74, 6) is 1.37. The zero-order valence-corrected chi connectivity index (χ0v) is 17.0. The van der Waals surface area contributed by atoms with Crippen molar-refractivity contribution in [1.82, 2.24) is 10.6 Å². The van der Waals surface area contributed by atoms with E-state index in [2.05, 4.69) is 10.6 Å². The Labute approximate surface area is 179 Å². The Kier molecular flexibility index (Phi) is 5.98. The molecular formula is C25H22N2O4. The lowest BCUT2D eigenvalue weighted by Gasteiger charge is -2.12. The summed E-state index contributed by atoms with van der Waals surface area (Å²) in [6.45, 7) is 1.70. The molecule has 6 heteroatoms. The first kappa shape index (κ1) is 20.2. The minimum absolute atomic E-state index is 0.133. The first-order chi connectivity index (χ1) is 15.1. The van der Waals surface area contributed by atoms with Gasteiger partial charge in [-0.2, -0.15) is 0 Å². The normalized spacial score (nSPS) is 11.6. The predicted molar refractivity (Wildman–Crippen MR) is 118 cm³/mol. The highest BCUT2D eigenvalue weighted by atomic mass is 16.5. The number of benzene rings is 3. The van der Waals surface area contributed by atoms with Crippen LogP contribution in [-0.2, 0) is 4.79 Å². The number of ether oxygens (including phenoxy) is 1. The van der Waals surface area contributed by atoms with Gasteiger partial charge in [0.25, 0.3) is 5.91 Å². The summed E-state index contributed by atoms with van der Waals surface area (Å²) in [6.07, 6.45) is 0. The van der Waals surface area contributed by atoms with E-state index in [9.17, 15) is 9.59 Å². The molecule has 0 saturated carbocycles. The van der Waals surface area contributed by atoms with Gasteiger partial charge in [-0.05, 0) is 55.5 Å². The first-order valence-corrected chi connectivity index (χ1v) is 9.97. The maximum Gasteiger partial charge on any atom is 0.251 e. The molecule has 2 amide bonds. The van der Waals surface area contributed by atoms with Crippen LogP contribution in [0.5, 0.6) is 11.5 Å². The van der Waals surface area contributed by atoms with E-state index >= 15 is 0 Å². The molecule has 0 bridgehead atoms. The average Bonchev–Trinajstić information content (AvgIpc) is 3.23. The van der Waals surface area contributed by atoms with Gasteiger partial charge in [-0.3, -0.25) is 9.59 Å². The molecule has 1 atom stereocenters. The average molecular weight is 414 g/mol. The lowest BCUT2D eigenvalue weighted by atomic mass is 10.2. The second kappa shape index (κ2) is 9.17. The number of para-hydroxylation sites is 2. The van der Waals surface area contributed by atoms with Crippen LogP contribution in [-0.4, -0.2) is 18.4 Å². The van der Waals surface area contributed by atoms with Crippen LogP contribution >= 0.6 is 0 Å². The van der Waals surface area contributed by atoms with Crippen LogP contribution in [0.2, 0.25) is 0 Å². The molecule has 2 N–H and O–H groups in total. The highest BCUT2D eigenvalue weighted by Gasteiger charge is 2.15. The summed E-state index contributed by atoms with van der Waals surface area (Å²) in [5, 5.41) is 6.44. The van der Waals surface area contributed by atoms with Crippen molar-refractivity contribution in [1.29, 1.82) is 0 Å². The predicted octanol–water partition coefficient (Wildman–Crippen LogP) is 4.83. The standard InChI is InChI=1S/C25H22N2O4/c1-17(23-15-19-7-5-6-10-22(19)31-23)27-24(28)16-26-25(29)18-11-13-21(14-12-18)30-20-8-3-2-4-9-20/h2-15,17H,16H2,1H3,(H,26,29)(H,27,28)/t17-/m0/s1. The summed E-state index contributed by atoms with van der Waals surface area (Å²) in [7, 11) is 0. The molecule has 3 aromatic carbocycles. The van der Waals surface area contributed by atoms with Crippen molar-refractivity contribution in [2.45, 2.75) is 13.0 Å². The molecule has 1 heterocycles. The van der Waals surface area contributed by atoms with Gasteiger partial charge in [-0.25, -0.2) is 0 Å². The van der Waals surface area contributed by atoms with E-state index in [0.717, 1.165) is 16.7 Å². The smallest absolute Gasteiger partial charge is 0.251 e. The van der Waals surface area contributed by atoms with Crippen molar-refractivity contribution in [2.24, 2.45) is 0 Å². The molecule has 0 unspecified atom stereocenters.